The normalized spacial score (nSPS) is 10.3. The van der Waals surface area contributed by atoms with Gasteiger partial charge in [0.1, 0.15) is 0 Å². The van der Waals surface area contributed by atoms with Crippen molar-refractivity contribution in [2.75, 3.05) is 0 Å². The highest BCUT2D eigenvalue weighted by Crippen LogP contribution is 2.17. The zero-order valence-corrected chi connectivity index (χ0v) is 14.8. The Morgan fingerprint density at radius 1 is 0.957 bits per heavy atom. The monoisotopic (exact) mass is 411 g/mol. The Balaban J connectivity index is 1.88. The third kappa shape index (κ3) is 3.96. The van der Waals surface area contributed by atoms with E-state index in [9.17, 15) is 0 Å². The molecule has 112 valence electrons. The lowest BCUT2D eigenvalue weighted by atomic mass is 10.1. The molecule has 1 heterocycles. The Morgan fingerprint density at radius 2 is 1.74 bits per heavy atom. The number of hydrogen-bond donors (Lipinski definition) is 0. The summed E-state index contributed by atoms with van der Waals surface area (Å²) < 4.78 is 3.42. The first kappa shape index (κ1) is 15.7. The van der Waals surface area contributed by atoms with Crippen LogP contribution in [-0.2, 0) is 13.0 Å². The maximum atomic E-state index is 8.99. The van der Waals surface area contributed by atoms with Crippen LogP contribution < -0.4 is 4.57 Å². The van der Waals surface area contributed by atoms with Crippen molar-refractivity contribution in [3.05, 3.63) is 98.9 Å². The van der Waals surface area contributed by atoms with E-state index in [2.05, 4.69) is 88.0 Å². The summed E-state index contributed by atoms with van der Waals surface area (Å²) in [5.41, 5.74) is 4.51. The second-order valence-electron chi connectivity index (χ2n) is 5.40. The summed E-state index contributed by atoms with van der Waals surface area (Å²) in [6.07, 6.45) is 2.98. The molecule has 0 saturated carbocycles. The minimum atomic E-state index is 0.711. The molecule has 0 atom stereocenters. The van der Waals surface area contributed by atoms with E-state index in [1.54, 1.807) is 0 Å². The molecule has 0 unspecified atom stereocenters. The highest BCUT2D eigenvalue weighted by atomic mass is 127. The first-order valence-electron chi connectivity index (χ1n) is 7.46. The van der Waals surface area contributed by atoms with E-state index in [4.69, 9.17) is 5.26 Å². The van der Waals surface area contributed by atoms with Gasteiger partial charge >= 0.3 is 0 Å². The van der Waals surface area contributed by atoms with Crippen molar-refractivity contribution in [2.24, 2.45) is 0 Å². The molecular weight excluding hydrogens is 395 g/mol. The Morgan fingerprint density at radius 3 is 2.48 bits per heavy atom. The largest absolute Gasteiger partial charge is 0.198 e. The molecule has 0 fully saturated rings. The number of hydrogen-bond acceptors (Lipinski definition) is 1. The first-order valence-corrected chi connectivity index (χ1v) is 8.54. The number of benzene rings is 2. The predicted molar refractivity (Wildman–Crippen MR) is 98.9 cm³/mol. The van der Waals surface area contributed by atoms with Crippen molar-refractivity contribution in [2.45, 2.75) is 13.0 Å². The third-order valence-corrected chi connectivity index (χ3v) is 4.79. The predicted octanol–water partition coefficient (Wildman–Crippen LogP) is 4.09. The van der Waals surface area contributed by atoms with Crippen LogP contribution in [0.2, 0.25) is 0 Å². The molecule has 1 aromatic heterocycles. The molecule has 0 saturated heterocycles. The van der Waals surface area contributed by atoms with E-state index in [1.165, 1.54) is 16.8 Å². The molecule has 3 heteroatoms. The van der Waals surface area contributed by atoms with Crippen LogP contribution in [0.25, 0.3) is 0 Å². The summed E-state index contributed by atoms with van der Waals surface area (Å²) in [6, 6.07) is 24.9. The molecule has 0 N–H and O–H groups in total. The van der Waals surface area contributed by atoms with Gasteiger partial charge in [0.15, 0.2) is 18.4 Å². The fourth-order valence-corrected chi connectivity index (χ4v) is 3.27. The second kappa shape index (κ2) is 7.38. The summed E-state index contributed by atoms with van der Waals surface area (Å²) in [6.45, 7) is 0.865. The first-order chi connectivity index (χ1) is 11.3. The van der Waals surface area contributed by atoms with Crippen LogP contribution in [-0.4, -0.2) is 0 Å². The smallest absolute Gasteiger partial charge is 0.186 e. The zero-order chi connectivity index (χ0) is 16.1. The van der Waals surface area contributed by atoms with Crippen molar-refractivity contribution in [1.29, 1.82) is 5.26 Å². The van der Waals surface area contributed by atoms with E-state index in [0.29, 0.717) is 5.56 Å². The maximum Gasteiger partial charge on any atom is 0.186 e. The van der Waals surface area contributed by atoms with Gasteiger partial charge in [-0.1, -0.05) is 42.5 Å². The van der Waals surface area contributed by atoms with Gasteiger partial charge in [0.25, 0.3) is 0 Å². The average molecular weight is 411 g/mol. The summed E-state index contributed by atoms with van der Waals surface area (Å²) in [5.74, 6) is 0. The number of halogens is 1. The number of rotatable bonds is 4. The van der Waals surface area contributed by atoms with Crippen LogP contribution in [0.4, 0.5) is 0 Å². The van der Waals surface area contributed by atoms with E-state index >= 15 is 0 Å². The molecule has 0 radical (unpaired) electrons. The number of nitriles is 1. The molecule has 0 aliphatic heterocycles. The van der Waals surface area contributed by atoms with Gasteiger partial charge in [-0.25, -0.2) is 0 Å². The minimum Gasteiger partial charge on any atom is -0.198 e. The van der Waals surface area contributed by atoms with Crippen LogP contribution in [0.5, 0.6) is 0 Å². The molecule has 0 bridgehead atoms. The van der Waals surface area contributed by atoms with Gasteiger partial charge in [0, 0.05) is 21.3 Å². The topological polar surface area (TPSA) is 27.7 Å². The number of aromatic nitrogens is 1. The Kier molecular flexibility index (Phi) is 5.04. The molecule has 0 aliphatic rings. The molecule has 0 aliphatic carbocycles. The van der Waals surface area contributed by atoms with Gasteiger partial charge in [-0.05, 0) is 40.3 Å². The highest BCUT2D eigenvalue weighted by molar-refractivity contribution is 14.1. The third-order valence-electron chi connectivity index (χ3n) is 3.78. The SMILES string of the molecule is N#Cc1ccc(Cc2cccc[n+]2Cc2ccccc2)c(I)c1. The van der Waals surface area contributed by atoms with Crippen molar-refractivity contribution in [1.82, 2.24) is 0 Å². The Labute approximate surface area is 150 Å². The summed E-state index contributed by atoms with van der Waals surface area (Å²) in [5, 5.41) is 8.99. The van der Waals surface area contributed by atoms with Crippen LogP contribution in [0.1, 0.15) is 22.4 Å². The molecule has 2 aromatic carbocycles. The molecule has 0 spiro atoms. The lowest BCUT2D eigenvalue weighted by Gasteiger charge is -2.06. The highest BCUT2D eigenvalue weighted by Gasteiger charge is 2.13. The van der Waals surface area contributed by atoms with Gasteiger partial charge in [0.2, 0.25) is 0 Å². The zero-order valence-electron chi connectivity index (χ0n) is 12.6. The fourth-order valence-electron chi connectivity index (χ4n) is 2.56. The summed E-state index contributed by atoms with van der Waals surface area (Å²) >= 11 is 2.31. The van der Waals surface area contributed by atoms with Crippen LogP contribution in [0.3, 0.4) is 0 Å². The number of nitrogens with zero attached hydrogens (tertiary/aromatic N) is 2. The van der Waals surface area contributed by atoms with E-state index < -0.39 is 0 Å². The van der Waals surface area contributed by atoms with Crippen molar-refractivity contribution >= 4 is 22.6 Å². The van der Waals surface area contributed by atoms with E-state index in [0.717, 1.165) is 16.5 Å². The van der Waals surface area contributed by atoms with E-state index in [1.807, 2.05) is 18.2 Å². The minimum absolute atomic E-state index is 0.711. The molecule has 3 rings (SSSR count). The molecule has 2 nitrogen and oxygen atoms in total. The van der Waals surface area contributed by atoms with Gasteiger partial charge in [-0.3, -0.25) is 0 Å². The van der Waals surface area contributed by atoms with Crippen molar-refractivity contribution in [3.8, 4) is 6.07 Å². The Bertz CT molecular complexity index is 851. The summed E-state index contributed by atoms with van der Waals surface area (Å²) in [4.78, 5) is 0. The quantitative estimate of drug-likeness (QED) is 0.470. The summed E-state index contributed by atoms with van der Waals surface area (Å²) in [7, 11) is 0. The lowest BCUT2D eigenvalue weighted by molar-refractivity contribution is -0.695. The lowest BCUT2D eigenvalue weighted by Crippen LogP contribution is -2.38. The Hall–Kier alpha value is -2.19. The van der Waals surface area contributed by atoms with Gasteiger partial charge in [0.05, 0.1) is 18.1 Å². The second-order valence-corrected chi connectivity index (χ2v) is 6.56. The van der Waals surface area contributed by atoms with Crippen LogP contribution >= 0.6 is 22.6 Å². The van der Waals surface area contributed by atoms with Gasteiger partial charge in [-0.2, -0.15) is 9.83 Å². The average Bonchev–Trinajstić information content (AvgIpc) is 2.59. The van der Waals surface area contributed by atoms with Gasteiger partial charge < -0.3 is 0 Å². The fraction of sp³-hybridized carbons (Fsp3) is 0.100. The number of pyridine rings is 1. The van der Waals surface area contributed by atoms with Crippen LogP contribution in [0.15, 0.2) is 72.9 Å². The maximum absolute atomic E-state index is 8.99. The van der Waals surface area contributed by atoms with Crippen molar-refractivity contribution in [3.63, 3.8) is 0 Å². The standard InChI is InChI=1S/C20H16IN2/c21-20-12-17(14-22)9-10-18(20)13-19-8-4-5-11-23(19)15-16-6-2-1-3-7-16/h1-12H,13,15H2/q+1. The van der Waals surface area contributed by atoms with Gasteiger partial charge in [-0.15, -0.1) is 0 Å². The van der Waals surface area contributed by atoms with Crippen LogP contribution in [0, 0.1) is 14.9 Å². The molecule has 23 heavy (non-hydrogen) atoms. The van der Waals surface area contributed by atoms with Crippen molar-refractivity contribution < 1.29 is 4.57 Å². The molecule has 0 amide bonds. The molecular formula is C20H16IN2+. The van der Waals surface area contributed by atoms with E-state index in [-0.39, 0.29) is 0 Å². The molecule has 3 aromatic rings.